The third-order valence-electron chi connectivity index (χ3n) is 2.39. The van der Waals surface area contributed by atoms with E-state index < -0.39 is 0 Å². The van der Waals surface area contributed by atoms with E-state index in [2.05, 4.69) is 14.2 Å². The zero-order valence-corrected chi connectivity index (χ0v) is 9.11. The molecule has 1 aliphatic heterocycles. The molecule has 0 N–H and O–H groups in total. The molecule has 0 unspecified atom stereocenters. The van der Waals surface area contributed by atoms with Gasteiger partial charge in [0.15, 0.2) is 0 Å². The molecule has 0 bridgehead atoms. The van der Waals surface area contributed by atoms with Crippen LogP contribution in [-0.4, -0.2) is 36.2 Å². The van der Waals surface area contributed by atoms with Gasteiger partial charge in [0.1, 0.15) is 11.9 Å². The van der Waals surface area contributed by atoms with E-state index in [-0.39, 0.29) is 0 Å². The third-order valence-corrected chi connectivity index (χ3v) is 2.54. The van der Waals surface area contributed by atoms with Crippen LogP contribution >= 0.6 is 11.9 Å². The Kier molecular flexibility index (Phi) is 3.77. The molecule has 0 saturated carbocycles. The van der Waals surface area contributed by atoms with Gasteiger partial charge >= 0.3 is 0 Å². The Balaban J connectivity index is 1.91. The molecule has 4 nitrogen and oxygen atoms in total. The average Bonchev–Trinajstić information content (AvgIpc) is 2.31. The van der Waals surface area contributed by atoms with Crippen molar-refractivity contribution in [2.24, 2.45) is 0 Å². The fourth-order valence-electron chi connectivity index (χ4n) is 1.57. The zero-order valence-electron chi connectivity index (χ0n) is 8.36. The quantitative estimate of drug-likeness (QED) is 0.784. The van der Waals surface area contributed by atoms with Crippen LogP contribution in [0.25, 0.3) is 0 Å². The monoisotopic (exact) mass is 228 g/mol. The molecule has 1 fully saturated rings. The second-order valence-electron chi connectivity index (χ2n) is 3.47. The first-order chi connectivity index (χ1) is 7.38. The standard InChI is InChI=1S/C10H13ClN2O2/c11-15-10-2-1-9(7-12-10)8-13-3-5-14-6-4-13/h1-2,7H,3-6,8H2. The summed E-state index contributed by atoms with van der Waals surface area (Å²) in [6, 6.07) is 3.74. The SMILES string of the molecule is ClOc1ccc(CN2CCOCC2)cn1. The van der Waals surface area contributed by atoms with Crippen molar-refractivity contribution in [2.75, 3.05) is 26.3 Å². The summed E-state index contributed by atoms with van der Waals surface area (Å²) in [6.45, 7) is 4.49. The third kappa shape index (κ3) is 3.06. The molecule has 82 valence electrons. The van der Waals surface area contributed by atoms with Crippen LogP contribution in [0.3, 0.4) is 0 Å². The molecule has 1 aliphatic rings. The van der Waals surface area contributed by atoms with Crippen LogP contribution in [-0.2, 0) is 11.3 Å². The Morgan fingerprint density at radius 2 is 2.20 bits per heavy atom. The summed E-state index contributed by atoms with van der Waals surface area (Å²) in [4.78, 5) is 6.39. The van der Waals surface area contributed by atoms with Gasteiger partial charge in [-0.25, -0.2) is 4.98 Å². The normalized spacial score (nSPS) is 17.7. The van der Waals surface area contributed by atoms with E-state index in [9.17, 15) is 0 Å². The Hall–Kier alpha value is -0.840. The predicted molar refractivity (Wildman–Crippen MR) is 56.8 cm³/mol. The number of ether oxygens (including phenoxy) is 1. The number of hydrogen-bond donors (Lipinski definition) is 0. The fourth-order valence-corrected chi connectivity index (χ4v) is 1.66. The summed E-state index contributed by atoms with van der Waals surface area (Å²) < 4.78 is 9.77. The van der Waals surface area contributed by atoms with E-state index in [4.69, 9.17) is 16.6 Å². The fraction of sp³-hybridized carbons (Fsp3) is 0.500. The minimum Gasteiger partial charge on any atom is -0.379 e. The molecule has 15 heavy (non-hydrogen) atoms. The predicted octanol–water partition coefficient (Wildman–Crippen LogP) is 1.45. The highest BCUT2D eigenvalue weighted by atomic mass is 35.5. The van der Waals surface area contributed by atoms with Gasteiger partial charge in [0.05, 0.1) is 13.2 Å². The summed E-state index contributed by atoms with van der Waals surface area (Å²) in [5.41, 5.74) is 1.16. The van der Waals surface area contributed by atoms with Crippen molar-refractivity contribution >= 4 is 11.9 Å². The molecule has 5 heteroatoms. The molecule has 1 aromatic heterocycles. The molecule has 0 spiro atoms. The molecule has 1 saturated heterocycles. The van der Waals surface area contributed by atoms with Crippen LogP contribution in [0.2, 0.25) is 0 Å². The van der Waals surface area contributed by atoms with Crippen molar-refractivity contribution < 1.29 is 9.03 Å². The topological polar surface area (TPSA) is 34.6 Å². The number of nitrogens with zero attached hydrogens (tertiary/aromatic N) is 2. The number of hydrogen-bond acceptors (Lipinski definition) is 4. The van der Waals surface area contributed by atoms with Crippen LogP contribution in [0.4, 0.5) is 0 Å². The average molecular weight is 229 g/mol. The van der Waals surface area contributed by atoms with Crippen molar-refractivity contribution in [1.82, 2.24) is 9.88 Å². The van der Waals surface area contributed by atoms with E-state index in [1.165, 1.54) is 0 Å². The maximum Gasteiger partial charge on any atom is 0.236 e. The number of aromatic nitrogens is 1. The second kappa shape index (κ2) is 5.30. The summed E-state index contributed by atoms with van der Waals surface area (Å²) in [5, 5.41) is 0. The molecule has 0 amide bonds. The molecular weight excluding hydrogens is 216 g/mol. The summed E-state index contributed by atoms with van der Waals surface area (Å²) in [5.74, 6) is 0.433. The lowest BCUT2D eigenvalue weighted by Gasteiger charge is -2.26. The van der Waals surface area contributed by atoms with E-state index in [1.54, 1.807) is 12.3 Å². The van der Waals surface area contributed by atoms with Gasteiger partial charge in [-0.1, -0.05) is 6.07 Å². The van der Waals surface area contributed by atoms with Crippen molar-refractivity contribution in [2.45, 2.75) is 6.54 Å². The maximum absolute atomic E-state index is 5.28. The Labute approximate surface area is 93.9 Å². The van der Waals surface area contributed by atoms with Crippen molar-refractivity contribution in [3.63, 3.8) is 0 Å². The molecule has 0 radical (unpaired) electrons. The van der Waals surface area contributed by atoms with Crippen LogP contribution in [0, 0.1) is 0 Å². The number of morpholine rings is 1. The first-order valence-electron chi connectivity index (χ1n) is 4.92. The van der Waals surface area contributed by atoms with Gasteiger partial charge in [0.2, 0.25) is 5.88 Å². The Morgan fingerprint density at radius 1 is 1.40 bits per heavy atom. The molecular formula is C10H13ClN2O2. The van der Waals surface area contributed by atoms with Crippen LogP contribution < -0.4 is 4.29 Å². The van der Waals surface area contributed by atoms with E-state index in [0.29, 0.717) is 5.88 Å². The number of pyridine rings is 1. The molecule has 0 aliphatic carbocycles. The molecule has 0 atom stereocenters. The van der Waals surface area contributed by atoms with E-state index in [1.807, 2.05) is 6.07 Å². The summed E-state index contributed by atoms with van der Waals surface area (Å²) in [6.07, 6.45) is 1.78. The van der Waals surface area contributed by atoms with Crippen molar-refractivity contribution in [1.29, 1.82) is 0 Å². The highest BCUT2D eigenvalue weighted by Gasteiger charge is 2.10. The lowest BCUT2D eigenvalue weighted by molar-refractivity contribution is 0.0341. The Bertz CT molecular complexity index is 299. The highest BCUT2D eigenvalue weighted by Crippen LogP contribution is 2.11. The van der Waals surface area contributed by atoms with Crippen LogP contribution in [0.15, 0.2) is 18.3 Å². The largest absolute Gasteiger partial charge is 0.379 e. The molecule has 2 rings (SSSR count). The first kappa shape index (κ1) is 10.7. The number of halogens is 1. The van der Waals surface area contributed by atoms with Crippen LogP contribution in [0.5, 0.6) is 5.88 Å². The van der Waals surface area contributed by atoms with Gasteiger partial charge < -0.3 is 9.03 Å². The van der Waals surface area contributed by atoms with Gasteiger partial charge in [0.25, 0.3) is 0 Å². The Morgan fingerprint density at radius 3 is 2.80 bits per heavy atom. The van der Waals surface area contributed by atoms with Gasteiger partial charge in [-0.05, 0) is 5.56 Å². The molecule has 1 aromatic rings. The van der Waals surface area contributed by atoms with Crippen LogP contribution in [0.1, 0.15) is 5.56 Å². The first-order valence-corrected chi connectivity index (χ1v) is 5.23. The van der Waals surface area contributed by atoms with Gasteiger partial charge in [-0.3, -0.25) is 4.90 Å². The number of rotatable bonds is 3. The van der Waals surface area contributed by atoms with E-state index >= 15 is 0 Å². The lowest BCUT2D eigenvalue weighted by Crippen LogP contribution is -2.35. The maximum atomic E-state index is 5.28. The highest BCUT2D eigenvalue weighted by molar-refractivity contribution is 6.08. The minimum atomic E-state index is 0.433. The van der Waals surface area contributed by atoms with E-state index in [0.717, 1.165) is 38.4 Å². The summed E-state index contributed by atoms with van der Waals surface area (Å²) in [7, 11) is 0. The second-order valence-corrected chi connectivity index (χ2v) is 3.62. The van der Waals surface area contributed by atoms with Gasteiger partial charge in [-0.2, -0.15) is 0 Å². The van der Waals surface area contributed by atoms with Crippen molar-refractivity contribution in [3.05, 3.63) is 23.9 Å². The smallest absolute Gasteiger partial charge is 0.236 e. The minimum absolute atomic E-state index is 0.433. The molecule has 2 heterocycles. The van der Waals surface area contributed by atoms with Gasteiger partial charge in [0, 0.05) is 31.9 Å². The lowest BCUT2D eigenvalue weighted by atomic mass is 10.2. The summed E-state index contributed by atoms with van der Waals surface area (Å²) >= 11 is 5.18. The van der Waals surface area contributed by atoms with Crippen molar-refractivity contribution in [3.8, 4) is 5.88 Å². The van der Waals surface area contributed by atoms with Gasteiger partial charge in [-0.15, -0.1) is 0 Å². The molecule has 0 aromatic carbocycles. The zero-order chi connectivity index (χ0) is 10.5.